The molecule has 3 fully saturated rings. The fourth-order valence-corrected chi connectivity index (χ4v) is 5.28. The Morgan fingerprint density at radius 3 is 2.84 bits per heavy atom. The van der Waals surface area contributed by atoms with Crippen LogP contribution in [0.4, 0.5) is 26.1 Å². The molecule has 1 aromatic carbocycles. The van der Waals surface area contributed by atoms with Crippen LogP contribution in [0.15, 0.2) is 42.9 Å². The summed E-state index contributed by atoms with van der Waals surface area (Å²) >= 11 is 0. The van der Waals surface area contributed by atoms with Crippen LogP contribution in [0.3, 0.4) is 0 Å². The van der Waals surface area contributed by atoms with Gasteiger partial charge in [-0.1, -0.05) is 0 Å². The van der Waals surface area contributed by atoms with Crippen LogP contribution in [0.2, 0.25) is 0 Å². The minimum atomic E-state index is -1.06. The molecule has 2 bridgehead atoms. The van der Waals surface area contributed by atoms with E-state index in [-0.39, 0.29) is 35.8 Å². The summed E-state index contributed by atoms with van der Waals surface area (Å²) in [7, 11) is 0. The van der Waals surface area contributed by atoms with Crippen molar-refractivity contribution >= 4 is 34.6 Å². The quantitative estimate of drug-likeness (QED) is 0.363. The summed E-state index contributed by atoms with van der Waals surface area (Å²) in [6.07, 6.45) is 7.31. The molecular weight excluding hydrogens is 482 g/mol. The molecular formula is C26H26F2N6O3. The third-order valence-electron chi connectivity index (χ3n) is 7.20. The van der Waals surface area contributed by atoms with E-state index in [1.807, 2.05) is 18.3 Å². The summed E-state index contributed by atoms with van der Waals surface area (Å²) in [5.41, 5.74) is 0.974. The molecule has 1 N–H and O–H groups in total. The van der Waals surface area contributed by atoms with Gasteiger partial charge in [0.2, 0.25) is 5.82 Å². The van der Waals surface area contributed by atoms with Crippen LogP contribution >= 0.6 is 0 Å². The SMILES string of the molecule is O=C/C=C/N1C[C@@H]2C[C@H]1CN2c1ccc2ncnc(Nc3ccc(OC[C@H]4CCOC4)c(F)c3F)c2n1. The minimum Gasteiger partial charge on any atom is -0.490 e. The number of allylic oxidation sites excluding steroid dienone is 1. The van der Waals surface area contributed by atoms with E-state index < -0.39 is 11.6 Å². The van der Waals surface area contributed by atoms with E-state index in [0.717, 1.165) is 38.0 Å². The molecule has 3 aromatic rings. The van der Waals surface area contributed by atoms with E-state index in [4.69, 9.17) is 14.5 Å². The highest BCUT2D eigenvalue weighted by molar-refractivity contribution is 5.88. The summed E-state index contributed by atoms with van der Waals surface area (Å²) in [4.78, 5) is 28.4. The number of anilines is 3. The first-order valence-electron chi connectivity index (χ1n) is 12.3. The Morgan fingerprint density at radius 2 is 2.05 bits per heavy atom. The molecule has 0 radical (unpaired) electrons. The van der Waals surface area contributed by atoms with Gasteiger partial charge in [-0.25, -0.2) is 19.3 Å². The number of ether oxygens (including phenoxy) is 2. The lowest BCUT2D eigenvalue weighted by molar-refractivity contribution is -0.104. The standard InChI is InChI=1S/C26H26F2N6O3/c27-23-19(2-4-21(24(23)28)37-14-16-6-9-36-13-16)31-26-25-20(29-15-30-26)3-5-22(32-25)34-12-17-10-18(34)11-33(17)7-1-8-35/h1-5,7-8,15-18H,6,9-14H2,(H,29,30,31)/b7-1+/t16-,17-,18-/m0/s1. The Balaban J connectivity index is 1.22. The van der Waals surface area contributed by atoms with Gasteiger partial charge in [-0.05, 0) is 43.2 Å². The molecule has 192 valence electrons. The molecule has 3 aliphatic rings. The van der Waals surface area contributed by atoms with Crippen molar-refractivity contribution in [2.75, 3.05) is 43.1 Å². The van der Waals surface area contributed by atoms with Gasteiger partial charge in [-0.2, -0.15) is 4.39 Å². The third-order valence-corrected chi connectivity index (χ3v) is 7.20. The second-order valence-electron chi connectivity index (χ2n) is 9.53. The van der Waals surface area contributed by atoms with Gasteiger partial charge in [-0.3, -0.25) is 4.79 Å². The molecule has 0 unspecified atom stereocenters. The number of fused-ring (bicyclic) bond motifs is 3. The topological polar surface area (TPSA) is 92.7 Å². The lowest BCUT2D eigenvalue weighted by atomic mass is 10.1. The zero-order valence-corrected chi connectivity index (χ0v) is 20.0. The predicted molar refractivity (Wildman–Crippen MR) is 133 cm³/mol. The molecule has 0 amide bonds. The number of nitrogens with one attached hydrogen (secondary N) is 1. The average molecular weight is 509 g/mol. The molecule has 3 aliphatic heterocycles. The maximum absolute atomic E-state index is 15.0. The lowest BCUT2D eigenvalue weighted by Crippen LogP contribution is -2.44. The van der Waals surface area contributed by atoms with Gasteiger partial charge in [0, 0.05) is 43.9 Å². The van der Waals surface area contributed by atoms with E-state index in [9.17, 15) is 13.6 Å². The first-order chi connectivity index (χ1) is 18.1. The molecule has 9 nitrogen and oxygen atoms in total. The van der Waals surface area contributed by atoms with Crippen molar-refractivity contribution in [1.82, 2.24) is 19.9 Å². The Hall–Kier alpha value is -3.86. The number of nitrogens with zero attached hydrogens (tertiary/aromatic N) is 5. The van der Waals surface area contributed by atoms with E-state index >= 15 is 0 Å². The van der Waals surface area contributed by atoms with Crippen LogP contribution < -0.4 is 15.0 Å². The zero-order valence-electron chi connectivity index (χ0n) is 20.0. The predicted octanol–water partition coefficient (Wildman–Crippen LogP) is 3.44. The normalized spacial score (nSPS) is 22.9. The average Bonchev–Trinajstić information content (AvgIpc) is 3.68. The summed E-state index contributed by atoms with van der Waals surface area (Å²) in [5, 5.41) is 2.89. The number of piperazine rings is 1. The van der Waals surface area contributed by atoms with Gasteiger partial charge >= 0.3 is 0 Å². The van der Waals surface area contributed by atoms with Crippen LogP contribution in [0, 0.1) is 17.6 Å². The van der Waals surface area contributed by atoms with Crippen molar-refractivity contribution in [1.29, 1.82) is 0 Å². The van der Waals surface area contributed by atoms with Crippen molar-refractivity contribution in [3.05, 3.63) is 54.5 Å². The molecule has 11 heteroatoms. The number of aldehydes is 1. The highest BCUT2D eigenvalue weighted by Gasteiger charge is 2.42. The monoisotopic (exact) mass is 508 g/mol. The molecule has 5 heterocycles. The van der Waals surface area contributed by atoms with Crippen LogP contribution in [0.25, 0.3) is 11.0 Å². The van der Waals surface area contributed by atoms with Gasteiger partial charge in [-0.15, -0.1) is 0 Å². The maximum atomic E-state index is 15.0. The number of hydrogen-bond acceptors (Lipinski definition) is 9. The number of carbonyl (C=O) groups is 1. The van der Waals surface area contributed by atoms with Crippen molar-refractivity contribution < 1.29 is 23.0 Å². The van der Waals surface area contributed by atoms with E-state index in [0.29, 0.717) is 30.3 Å². The molecule has 0 saturated carbocycles. The molecule has 2 aromatic heterocycles. The van der Waals surface area contributed by atoms with Crippen molar-refractivity contribution in [2.45, 2.75) is 24.9 Å². The first-order valence-corrected chi connectivity index (χ1v) is 12.3. The summed E-state index contributed by atoms with van der Waals surface area (Å²) in [6.45, 7) is 3.07. The van der Waals surface area contributed by atoms with Crippen molar-refractivity contribution in [2.24, 2.45) is 5.92 Å². The number of benzene rings is 1. The fraction of sp³-hybridized carbons (Fsp3) is 0.385. The molecule has 3 atom stereocenters. The van der Waals surface area contributed by atoms with E-state index in [2.05, 4.69) is 25.1 Å². The largest absolute Gasteiger partial charge is 0.490 e. The second-order valence-corrected chi connectivity index (χ2v) is 9.53. The Kier molecular flexibility index (Phi) is 6.29. The van der Waals surface area contributed by atoms with Gasteiger partial charge in [0.25, 0.3) is 0 Å². The fourth-order valence-electron chi connectivity index (χ4n) is 5.28. The Labute approximate surface area is 212 Å². The number of rotatable bonds is 8. The summed E-state index contributed by atoms with van der Waals surface area (Å²) in [5.74, 6) is -1.02. The Morgan fingerprint density at radius 1 is 1.14 bits per heavy atom. The smallest absolute Gasteiger partial charge is 0.202 e. The molecule has 6 rings (SSSR count). The number of aromatic nitrogens is 3. The zero-order chi connectivity index (χ0) is 25.4. The van der Waals surface area contributed by atoms with Gasteiger partial charge in [0.15, 0.2) is 17.4 Å². The number of likely N-dealkylation sites (tertiary alicyclic amines) is 1. The lowest BCUT2D eigenvalue weighted by Gasteiger charge is -2.34. The highest BCUT2D eigenvalue weighted by atomic mass is 19.2. The minimum absolute atomic E-state index is 0.0703. The summed E-state index contributed by atoms with van der Waals surface area (Å²) < 4.78 is 40.5. The van der Waals surface area contributed by atoms with Crippen LogP contribution in [-0.2, 0) is 9.53 Å². The second kappa shape index (κ2) is 9.89. The van der Waals surface area contributed by atoms with Crippen LogP contribution in [0.5, 0.6) is 5.75 Å². The van der Waals surface area contributed by atoms with E-state index in [1.165, 1.54) is 24.5 Å². The van der Waals surface area contributed by atoms with Crippen LogP contribution in [0.1, 0.15) is 12.8 Å². The van der Waals surface area contributed by atoms with Crippen LogP contribution in [-0.4, -0.2) is 71.1 Å². The molecule has 0 aliphatic carbocycles. The van der Waals surface area contributed by atoms with Gasteiger partial charge in [0.05, 0.1) is 24.4 Å². The summed E-state index contributed by atoms with van der Waals surface area (Å²) in [6, 6.07) is 7.17. The number of halogens is 2. The first kappa shape index (κ1) is 23.5. The third kappa shape index (κ3) is 4.55. The maximum Gasteiger partial charge on any atom is 0.202 e. The number of carbonyl (C=O) groups excluding carboxylic acids is 1. The molecule has 37 heavy (non-hydrogen) atoms. The molecule has 0 spiro atoms. The number of hydrogen-bond donors (Lipinski definition) is 1. The van der Waals surface area contributed by atoms with Gasteiger partial charge in [0.1, 0.15) is 23.9 Å². The van der Waals surface area contributed by atoms with Crippen molar-refractivity contribution in [3.8, 4) is 5.75 Å². The van der Waals surface area contributed by atoms with Crippen molar-refractivity contribution in [3.63, 3.8) is 0 Å². The Bertz CT molecular complexity index is 1350. The number of pyridine rings is 1. The van der Waals surface area contributed by atoms with E-state index in [1.54, 1.807) is 0 Å². The molecule has 3 saturated heterocycles. The van der Waals surface area contributed by atoms with Gasteiger partial charge < -0.3 is 24.6 Å². The highest BCUT2D eigenvalue weighted by Crippen LogP contribution is 2.35.